The number of methoxy groups -OCH3 is 1. The number of benzene rings is 1. The lowest BCUT2D eigenvalue weighted by molar-refractivity contribution is -0.145. The van der Waals surface area contributed by atoms with Crippen LogP contribution < -0.4 is 15.4 Å². The molecule has 3 aliphatic rings. The van der Waals surface area contributed by atoms with Gasteiger partial charge in [-0.25, -0.2) is 0 Å². The molecule has 2 N–H and O–H groups in total. The first-order valence-electron chi connectivity index (χ1n) is 12.9. The number of likely N-dealkylation sites (tertiary alicyclic amines) is 1. The van der Waals surface area contributed by atoms with E-state index in [4.69, 9.17) is 9.47 Å². The van der Waals surface area contributed by atoms with Gasteiger partial charge in [-0.05, 0) is 63.3 Å². The van der Waals surface area contributed by atoms with Crippen LogP contribution in [0, 0.1) is 11.8 Å². The number of nitrogens with one attached hydrogen (secondary N) is 2. The zero-order valence-electron chi connectivity index (χ0n) is 22.4. The van der Waals surface area contributed by atoms with Gasteiger partial charge in [-0.15, -0.1) is 11.3 Å². The molecule has 0 aliphatic carbocycles. The van der Waals surface area contributed by atoms with Crippen LogP contribution in [0.15, 0.2) is 53.9 Å². The fourth-order valence-corrected chi connectivity index (χ4v) is 6.69. The minimum atomic E-state index is -1.20. The average molecular weight is 538 g/mol. The van der Waals surface area contributed by atoms with Crippen molar-refractivity contribution in [2.45, 2.75) is 63.4 Å². The van der Waals surface area contributed by atoms with Crippen molar-refractivity contribution in [3.05, 3.63) is 64.4 Å². The summed E-state index contributed by atoms with van der Waals surface area (Å²) >= 11 is 1.56. The molecular weight excluding hydrogens is 502 g/mol. The molecule has 202 valence electrons. The lowest BCUT2D eigenvalue weighted by Crippen LogP contribution is -2.58. The minimum absolute atomic E-state index is 0.225. The van der Waals surface area contributed by atoms with Crippen molar-refractivity contribution in [1.82, 2.24) is 15.5 Å². The van der Waals surface area contributed by atoms with Gasteiger partial charge in [0.25, 0.3) is 0 Å². The second-order valence-electron chi connectivity index (χ2n) is 11.5. The Labute approximate surface area is 227 Å². The van der Waals surface area contributed by atoms with Crippen LogP contribution in [0.1, 0.15) is 38.1 Å². The summed E-state index contributed by atoms with van der Waals surface area (Å²) in [5, 5.41) is 8.02. The summed E-state index contributed by atoms with van der Waals surface area (Å²) in [4.78, 5) is 44.1. The number of thiophene rings is 1. The van der Waals surface area contributed by atoms with Crippen molar-refractivity contribution in [3.63, 3.8) is 0 Å². The van der Waals surface area contributed by atoms with Crippen LogP contribution in [-0.2, 0) is 32.1 Å². The molecule has 4 heterocycles. The highest BCUT2D eigenvalue weighted by Crippen LogP contribution is 2.59. The van der Waals surface area contributed by atoms with E-state index in [0.717, 1.165) is 16.2 Å². The monoisotopic (exact) mass is 537 g/mol. The van der Waals surface area contributed by atoms with Crippen LogP contribution in [0.3, 0.4) is 0 Å². The predicted octanol–water partition coefficient (Wildman–Crippen LogP) is 3.07. The van der Waals surface area contributed by atoms with E-state index in [2.05, 4.69) is 10.6 Å². The van der Waals surface area contributed by atoms with Crippen molar-refractivity contribution in [2.75, 3.05) is 13.7 Å². The van der Waals surface area contributed by atoms with Crippen molar-refractivity contribution in [1.29, 1.82) is 0 Å². The van der Waals surface area contributed by atoms with E-state index < -0.39 is 34.6 Å². The number of carbonyl (C=O) groups excluding carboxylic acids is 3. The Bertz CT molecular complexity index is 1250. The van der Waals surface area contributed by atoms with Gasteiger partial charge < -0.3 is 25.0 Å². The van der Waals surface area contributed by atoms with E-state index in [1.165, 1.54) is 0 Å². The number of hydrogen-bond donors (Lipinski definition) is 2. The smallest absolute Gasteiger partial charge is 0.246 e. The molecule has 5 rings (SSSR count). The van der Waals surface area contributed by atoms with Crippen LogP contribution in [0.4, 0.5) is 0 Å². The molecular formula is C29H35N3O5S. The second-order valence-corrected chi connectivity index (χ2v) is 12.5. The molecule has 0 unspecified atom stereocenters. The van der Waals surface area contributed by atoms with E-state index in [0.29, 0.717) is 19.5 Å². The third kappa shape index (κ3) is 4.52. The Morgan fingerprint density at radius 3 is 2.50 bits per heavy atom. The van der Waals surface area contributed by atoms with Gasteiger partial charge >= 0.3 is 0 Å². The molecule has 1 aromatic heterocycles. The summed E-state index contributed by atoms with van der Waals surface area (Å²) in [7, 11) is 1.62. The van der Waals surface area contributed by atoms with Crippen LogP contribution in [0.5, 0.6) is 5.75 Å². The molecule has 3 aliphatic heterocycles. The highest BCUT2D eigenvalue weighted by atomic mass is 32.1. The van der Waals surface area contributed by atoms with Crippen LogP contribution in [-0.4, -0.2) is 59.1 Å². The first-order valence-corrected chi connectivity index (χ1v) is 13.8. The van der Waals surface area contributed by atoms with Gasteiger partial charge in [0.05, 0.1) is 31.1 Å². The number of carbonyl (C=O) groups is 3. The summed E-state index contributed by atoms with van der Waals surface area (Å²) in [6, 6.07) is 10.7. The number of amides is 3. The molecule has 2 saturated heterocycles. The molecule has 2 fully saturated rings. The summed E-state index contributed by atoms with van der Waals surface area (Å²) in [6.45, 7) is 8.26. The third-order valence-electron chi connectivity index (χ3n) is 7.64. The minimum Gasteiger partial charge on any atom is -0.497 e. The lowest BCUT2D eigenvalue weighted by atomic mass is 9.70. The third-order valence-corrected chi connectivity index (χ3v) is 8.52. The average Bonchev–Trinajstić information content (AvgIpc) is 3.60. The van der Waals surface area contributed by atoms with Crippen molar-refractivity contribution in [2.24, 2.45) is 11.8 Å². The Morgan fingerprint density at radius 1 is 1.13 bits per heavy atom. The Morgan fingerprint density at radius 2 is 1.87 bits per heavy atom. The SMILES string of the molecule is COc1ccc(CCN2C(=O)[C@@H]3[C@@H](C(=O)NCc4cccs4)[C@@]4(C)C=C[C@@]3(O4)[C@H]2C(=O)NC(C)(C)C)cc1. The molecule has 38 heavy (non-hydrogen) atoms. The van der Waals surface area contributed by atoms with Crippen molar-refractivity contribution in [3.8, 4) is 5.75 Å². The van der Waals surface area contributed by atoms with Gasteiger partial charge in [0.2, 0.25) is 17.7 Å². The molecule has 2 aromatic rings. The van der Waals surface area contributed by atoms with Crippen LogP contribution in [0.25, 0.3) is 0 Å². The number of rotatable bonds is 8. The van der Waals surface area contributed by atoms with Gasteiger partial charge in [0.15, 0.2) is 0 Å². The molecule has 0 radical (unpaired) electrons. The fourth-order valence-electron chi connectivity index (χ4n) is 6.05. The van der Waals surface area contributed by atoms with E-state index >= 15 is 0 Å². The number of ether oxygens (including phenoxy) is 2. The summed E-state index contributed by atoms with van der Waals surface area (Å²) < 4.78 is 11.8. The van der Waals surface area contributed by atoms with Gasteiger partial charge in [0, 0.05) is 17.0 Å². The molecule has 1 spiro atoms. The molecule has 2 bridgehead atoms. The van der Waals surface area contributed by atoms with Gasteiger partial charge in [-0.3, -0.25) is 14.4 Å². The molecule has 1 aromatic carbocycles. The maximum atomic E-state index is 14.1. The van der Waals surface area contributed by atoms with Crippen LogP contribution >= 0.6 is 11.3 Å². The summed E-state index contributed by atoms with van der Waals surface area (Å²) in [5.41, 5.74) is -1.66. The first kappa shape index (κ1) is 26.4. The number of hydrogen-bond acceptors (Lipinski definition) is 6. The van der Waals surface area contributed by atoms with E-state index in [9.17, 15) is 14.4 Å². The Balaban J connectivity index is 1.45. The van der Waals surface area contributed by atoms with Gasteiger partial charge in [0.1, 0.15) is 17.4 Å². The topological polar surface area (TPSA) is 97.0 Å². The lowest BCUT2D eigenvalue weighted by Gasteiger charge is -2.35. The largest absolute Gasteiger partial charge is 0.497 e. The van der Waals surface area contributed by atoms with Gasteiger partial charge in [-0.1, -0.05) is 30.4 Å². The van der Waals surface area contributed by atoms with E-state index in [1.807, 2.05) is 81.6 Å². The first-order chi connectivity index (χ1) is 18.0. The van der Waals surface area contributed by atoms with E-state index in [1.54, 1.807) is 23.3 Å². The van der Waals surface area contributed by atoms with Crippen molar-refractivity contribution >= 4 is 29.1 Å². The maximum Gasteiger partial charge on any atom is 0.246 e. The predicted molar refractivity (Wildman–Crippen MR) is 145 cm³/mol. The number of nitrogens with zero attached hydrogens (tertiary/aromatic N) is 1. The quantitative estimate of drug-likeness (QED) is 0.505. The zero-order valence-corrected chi connectivity index (χ0v) is 23.3. The Hall–Kier alpha value is -3.17. The molecule has 8 nitrogen and oxygen atoms in total. The molecule has 9 heteroatoms. The van der Waals surface area contributed by atoms with E-state index in [-0.39, 0.29) is 17.7 Å². The molecule has 3 amide bonds. The standard InChI is InChI=1S/C29H35N3O5S/c1-27(2,3)31-25(34)23-29-14-13-28(4,37-29)21(24(33)30-17-20-7-6-16-38-20)22(29)26(35)32(23)15-12-18-8-10-19(36-5)11-9-18/h6-11,13-14,16,21-23H,12,15,17H2,1-5H3,(H,30,33)(H,31,34)/t21-,22-,23+,28+,29-/m0/s1. The highest BCUT2D eigenvalue weighted by molar-refractivity contribution is 7.09. The highest BCUT2D eigenvalue weighted by Gasteiger charge is 2.76. The fraction of sp³-hybridized carbons (Fsp3) is 0.483. The Kier molecular flexibility index (Phi) is 6.64. The second kappa shape index (κ2) is 9.54. The van der Waals surface area contributed by atoms with Crippen LogP contribution in [0.2, 0.25) is 0 Å². The normalized spacial score (nSPS) is 29.4. The maximum absolute atomic E-state index is 14.1. The van der Waals surface area contributed by atoms with Gasteiger partial charge in [-0.2, -0.15) is 0 Å². The zero-order chi connectivity index (χ0) is 27.3. The molecule has 5 atom stereocenters. The molecule has 0 saturated carbocycles. The summed E-state index contributed by atoms with van der Waals surface area (Å²) in [6.07, 6.45) is 4.25. The van der Waals surface area contributed by atoms with Crippen molar-refractivity contribution < 1.29 is 23.9 Å². The summed E-state index contributed by atoms with van der Waals surface area (Å²) in [5.74, 6) is -1.52. The number of fused-ring (bicyclic) bond motifs is 1.